The van der Waals surface area contributed by atoms with Crippen LogP contribution in [0.25, 0.3) is 0 Å². The molecule has 1 heterocycles. The first-order chi connectivity index (χ1) is 8.58. The van der Waals surface area contributed by atoms with Gasteiger partial charge in [-0.2, -0.15) is 8.78 Å². The van der Waals surface area contributed by atoms with Crippen LogP contribution in [0.4, 0.5) is 8.78 Å². The Labute approximate surface area is 117 Å². The molecule has 1 aromatic heterocycles. The van der Waals surface area contributed by atoms with Gasteiger partial charge in [0.25, 0.3) is 5.92 Å². The molecule has 0 spiro atoms. The van der Waals surface area contributed by atoms with Crippen molar-refractivity contribution in [2.45, 2.75) is 12.5 Å². The van der Waals surface area contributed by atoms with Crippen molar-refractivity contribution >= 4 is 27.3 Å². The van der Waals surface area contributed by atoms with Crippen molar-refractivity contribution in [2.75, 3.05) is 6.54 Å². The standard InChI is InChI=1S/C13H12BrF2NS/c14-12-7-6-11(18-12)8-17-9-13(15,16)10-4-2-1-3-5-10/h1-7,17H,8-9H2. The van der Waals surface area contributed by atoms with Gasteiger partial charge in [0.15, 0.2) is 0 Å². The monoisotopic (exact) mass is 331 g/mol. The molecule has 0 amide bonds. The fraction of sp³-hybridized carbons (Fsp3) is 0.231. The second-order valence-electron chi connectivity index (χ2n) is 3.88. The number of alkyl halides is 2. The van der Waals surface area contributed by atoms with Gasteiger partial charge in [0.1, 0.15) is 0 Å². The van der Waals surface area contributed by atoms with E-state index in [-0.39, 0.29) is 12.1 Å². The highest BCUT2D eigenvalue weighted by atomic mass is 79.9. The number of halogens is 3. The van der Waals surface area contributed by atoms with Gasteiger partial charge in [-0.05, 0) is 28.1 Å². The smallest absolute Gasteiger partial charge is 0.285 e. The van der Waals surface area contributed by atoms with Crippen LogP contribution in [-0.2, 0) is 12.5 Å². The summed E-state index contributed by atoms with van der Waals surface area (Å²) in [6, 6.07) is 11.7. The van der Waals surface area contributed by atoms with Gasteiger partial charge in [-0.1, -0.05) is 30.3 Å². The Kier molecular flexibility index (Phi) is 4.48. The largest absolute Gasteiger partial charge is 0.306 e. The third-order valence-corrected chi connectivity index (χ3v) is 4.09. The normalized spacial score (nSPS) is 11.7. The summed E-state index contributed by atoms with van der Waals surface area (Å²) >= 11 is 4.89. The number of thiophene rings is 1. The van der Waals surface area contributed by atoms with Crippen LogP contribution in [0.3, 0.4) is 0 Å². The summed E-state index contributed by atoms with van der Waals surface area (Å²) in [6.07, 6.45) is 0. The molecule has 0 unspecified atom stereocenters. The summed E-state index contributed by atoms with van der Waals surface area (Å²) in [5.41, 5.74) is 0.0462. The lowest BCUT2D eigenvalue weighted by molar-refractivity contribution is -0.00337. The zero-order valence-electron chi connectivity index (χ0n) is 9.50. The Hall–Kier alpha value is -0.780. The predicted molar refractivity (Wildman–Crippen MR) is 74.1 cm³/mol. The molecule has 0 radical (unpaired) electrons. The Morgan fingerprint density at radius 2 is 1.83 bits per heavy atom. The highest BCUT2D eigenvalue weighted by molar-refractivity contribution is 9.11. The van der Waals surface area contributed by atoms with Gasteiger partial charge in [-0.15, -0.1) is 11.3 Å². The van der Waals surface area contributed by atoms with Crippen molar-refractivity contribution in [3.05, 3.63) is 56.7 Å². The highest BCUT2D eigenvalue weighted by Gasteiger charge is 2.30. The fourth-order valence-electron chi connectivity index (χ4n) is 1.57. The van der Waals surface area contributed by atoms with Crippen LogP contribution >= 0.6 is 27.3 Å². The van der Waals surface area contributed by atoms with Crippen LogP contribution in [-0.4, -0.2) is 6.54 Å². The van der Waals surface area contributed by atoms with Gasteiger partial charge in [-0.25, -0.2) is 0 Å². The van der Waals surface area contributed by atoms with E-state index in [0.29, 0.717) is 6.54 Å². The Morgan fingerprint density at radius 1 is 1.11 bits per heavy atom. The number of rotatable bonds is 5. The first kappa shape index (κ1) is 13.6. The fourth-order valence-corrected chi connectivity index (χ4v) is 3.03. The van der Waals surface area contributed by atoms with Crippen molar-refractivity contribution in [3.63, 3.8) is 0 Å². The molecule has 0 aliphatic heterocycles. The summed E-state index contributed by atoms with van der Waals surface area (Å²) in [5.74, 6) is -2.84. The van der Waals surface area contributed by atoms with Crippen molar-refractivity contribution in [2.24, 2.45) is 0 Å². The molecule has 0 aliphatic rings. The molecule has 1 aromatic carbocycles. The summed E-state index contributed by atoms with van der Waals surface area (Å²) in [7, 11) is 0. The van der Waals surface area contributed by atoms with E-state index in [1.54, 1.807) is 29.5 Å². The van der Waals surface area contributed by atoms with Crippen LogP contribution in [0, 0.1) is 0 Å². The molecule has 0 saturated carbocycles. The van der Waals surface area contributed by atoms with E-state index in [4.69, 9.17) is 0 Å². The van der Waals surface area contributed by atoms with E-state index in [1.807, 2.05) is 12.1 Å². The average molecular weight is 332 g/mol. The lowest BCUT2D eigenvalue weighted by Gasteiger charge is -2.17. The van der Waals surface area contributed by atoms with Crippen LogP contribution in [0.1, 0.15) is 10.4 Å². The highest BCUT2D eigenvalue weighted by Crippen LogP contribution is 2.27. The maximum Gasteiger partial charge on any atom is 0.285 e. The molecule has 2 aromatic rings. The van der Waals surface area contributed by atoms with Crippen molar-refractivity contribution in [1.29, 1.82) is 0 Å². The predicted octanol–water partition coefficient (Wildman–Crippen LogP) is 4.39. The summed E-state index contributed by atoms with van der Waals surface area (Å²) in [6.45, 7) is 0.102. The number of nitrogens with one attached hydrogen (secondary N) is 1. The van der Waals surface area contributed by atoms with Crippen LogP contribution in [0.5, 0.6) is 0 Å². The lowest BCUT2D eigenvalue weighted by atomic mass is 10.1. The van der Waals surface area contributed by atoms with Gasteiger partial charge >= 0.3 is 0 Å². The van der Waals surface area contributed by atoms with Gasteiger partial charge in [0.2, 0.25) is 0 Å². The minimum absolute atomic E-state index is 0.0462. The van der Waals surface area contributed by atoms with E-state index in [1.165, 1.54) is 12.1 Å². The maximum atomic E-state index is 13.8. The zero-order valence-corrected chi connectivity index (χ0v) is 11.9. The van der Waals surface area contributed by atoms with E-state index in [9.17, 15) is 8.78 Å². The van der Waals surface area contributed by atoms with Gasteiger partial charge in [0, 0.05) is 17.0 Å². The molecule has 0 fully saturated rings. The van der Waals surface area contributed by atoms with Crippen molar-refractivity contribution in [3.8, 4) is 0 Å². The first-order valence-corrected chi connectivity index (χ1v) is 7.07. The maximum absolute atomic E-state index is 13.8. The molecule has 0 saturated heterocycles. The molecular weight excluding hydrogens is 320 g/mol. The summed E-state index contributed by atoms with van der Waals surface area (Å²) in [4.78, 5) is 1.03. The van der Waals surface area contributed by atoms with Crippen LogP contribution in [0.2, 0.25) is 0 Å². The molecule has 0 aliphatic carbocycles. The summed E-state index contributed by atoms with van der Waals surface area (Å²) < 4.78 is 28.6. The van der Waals surface area contributed by atoms with Crippen LogP contribution < -0.4 is 5.32 Å². The Morgan fingerprint density at radius 3 is 2.44 bits per heavy atom. The first-order valence-electron chi connectivity index (χ1n) is 5.46. The molecule has 1 nitrogen and oxygen atoms in total. The van der Waals surface area contributed by atoms with E-state index in [2.05, 4.69) is 21.2 Å². The number of benzene rings is 1. The number of hydrogen-bond donors (Lipinski definition) is 1. The lowest BCUT2D eigenvalue weighted by Crippen LogP contribution is -2.30. The molecule has 18 heavy (non-hydrogen) atoms. The Bertz CT molecular complexity index is 499. The third kappa shape index (κ3) is 3.60. The molecule has 5 heteroatoms. The molecule has 1 N–H and O–H groups in total. The second-order valence-corrected chi connectivity index (χ2v) is 6.43. The van der Waals surface area contributed by atoms with Crippen molar-refractivity contribution < 1.29 is 8.78 Å². The SMILES string of the molecule is FC(F)(CNCc1ccc(Br)s1)c1ccccc1. The Balaban J connectivity index is 1.89. The molecule has 0 bridgehead atoms. The van der Waals surface area contributed by atoms with E-state index in [0.717, 1.165) is 8.66 Å². The topological polar surface area (TPSA) is 12.0 Å². The van der Waals surface area contributed by atoms with Crippen molar-refractivity contribution in [1.82, 2.24) is 5.32 Å². The van der Waals surface area contributed by atoms with E-state index >= 15 is 0 Å². The molecule has 0 atom stereocenters. The summed E-state index contributed by atoms with van der Waals surface area (Å²) in [5, 5.41) is 2.79. The van der Waals surface area contributed by atoms with Crippen LogP contribution in [0.15, 0.2) is 46.3 Å². The van der Waals surface area contributed by atoms with Gasteiger partial charge in [0.05, 0.1) is 10.3 Å². The molecular formula is C13H12BrF2NS. The quantitative estimate of drug-likeness (QED) is 0.856. The van der Waals surface area contributed by atoms with Gasteiger partial charge in [-0.3, -0.25) is 0 Å². The second kappa shape index (κ2) is 5.91. The van der Waals surface area contributed by atoms with E-state index < -0.39 is 5.92 Å². The number of hydrogen-bond acceptors (Lipinski definition) is 2. The molecule has 96 valence electrons. The van der Waals surface area contributed by atoms with Gasteiger partial charge < -0.3 is 5.32 Å². The zero-order chi connectivity index (χ0) is 13.0. The molecule has 2 rings (SSSR count). The minimum atomic E-state index is -2.84. The average Bonchev–Trinajstić information content (AvgIpc) is 2.76. The minimum Gasteiger partial charge on any atom is -0.306 e. The third-order valence-electron chi connectivity index (χ3n) is 2.47.